The van der Waals surface area contributed by atoms with E-state index in [-0.39, 0.29) is 5.82 Å². The number of anilines is 2. The van der Waals surface area contributed by atoms with Crippen molar-refractivity contribution in [1.82, 2.24) is 14.9 Å². The van der Waals surface area contributed by atoms with Crippen LogP contribution in [0.15, 0.2) is 6.20 Å². The van der Waals surface area contributed by atoms with Crippen molar-refractivity contribution in [2.75, 3.05) is 36.8 Å². The summed E-state index contributed by atoms with van der Waals surface area (Å²) in [7, 11) is 0. The summed E-state index contributed by atoms with van der Waals surface area (Å²) < 4.78 is 0. The van der Waals surface area contributed by atoms with E-state index >= 15 is 0 Å². The second-order valence-electron chi connectivity index (χ2n) is 5.57. The van der Waals surface area contributed by atoms with E-state index in [1.165, 1.54) is 38.5 Å². The fourth-order valence-corrected chi connectivity index (χ4v) is 3.13. The van der Waals surface area contributed by atoms with Crippen LogP contribution in [0.25, 0.3) is 0 Å². The summed E-state index contributed by atoms with van der Waals surface area (Å²) in [5.74, 6) is 0.930. The van der Waals surface area contributed by atoms with Gasteiger partial charge in [-0.05, 0) is 32.4 Å². The molecule has 1 aromatic rings. The minimum Gasteiger partial charge on any atom is -0.382 e. The monoisotopic (exact) mass is 272 g/mol. The second-order valence-corrected chi connectivity index (χ2v) is 5.57. The van der Waals surface area contributed by atoms with Gasteiger partial charge in [-0.1, -0.05) is 6.42 Å². The summed E-state index contributed by atoms with van der Waals surface area (Å²) in [5, 5.41) is 8.86. The van der Waals surface area contributed by atoms with Gasteiger partial charge in [-0.15, -0.1) is 0 Å². The summed E-state index contributed by atoms with van der Waals surface area (Å²) in [4.78, 5) is 13.3. The van der Waals surface area contributed by atoms with Crippen molar-refractivity contribution in [2.24, 2.45) is 0 Å². The normalized spacial score (nSPS) is 23.8. The Morgan fingerprint density at radius 3 is 2.75 bits per heavy atom. The molecule has 6 heteroatoms. The van der Waals surface area contributed by atoms with Crippen molar-refractivity contribution < 1.29 is 0 Å². The van der Waals surface area contributed by atoms with Crippen LogP contribution in [-0.2, 0) is 0 Å². The fraction of sp³-hybridized carbons (Fsp3) is 0.643. The topological polar surface area (TPSA) is 82.1 Å². The van der Waals surface area contributed by atoms with Gasteiger partial charge in [0.25, 0.3) is 0 Å². The number of nitrogen functional groups attached to an aromatic ring is 1. The lowest BCUT2D eigenvalue weighted by Gasteiger charge is -2.32. The van der Waals surface area contributed by atoms with Crippen molar-refractivity contribution in [3.05, 3.63) is 11.8 Å². The number of hydrogen-bond acceptors (Lipinski definition) is 6. The van der Waals surface area contributed by atoms with E-state index in [4.69, 9.17) is 11.0 Å². The lowest BCUT2D eigenvalue weighted by Crippen LogP contribution is -2.41. The zero-order chi connectivity index (χ0) is 13.9. The van der Waals surface area contributed by atoms with Gasteiger partial charge in [-0.2, -0.15) is 10.2 Å². The van der Waals surface area contributed by atoms with E-state index in [0.717, 1.165) is 19.5 Å². The van der Waals surface area contributed by atoms with Gasteiger partial charge in [-0.25, -0.2) is 4.98 Å². The van der Waals surface area contributed by atoms with Crippen molar-refractivity contribution in [1.29, 1.82) is 5.26 Å². The molecule has 0 saturated carbocycles. The average molecular weight is 272 g/mol. The van der Waals surface area contributed by atoms with Crippen LogP contribution in [0, 0.1) is 11.3 Å². The first-order valence-corrected chi connectivity index (χ1v) is 7.29. The van der Waals surface area contributed by atoms with Crippen LogP contribution < -0.4 is 10.6 Å². The molecule has 0 unspecified atom stereocenters. The van der Waals surface area contributed by atoms with Crippen LogP contribution in [0.1, 0.15) is 31.2 Å². The molecule has 0 amide bonds. The molecule has 0 radical (unpaired) electrons. The largest absolute Gasteiger partial charge is 0.382 e. The summed E-state index contributed by atoms with van der Waals surface area (Å²) in [6.07, 6.45) is 6.67. The highest BCUT2D eigenvalue weighted by atomic mass is 15.3. The molecule has 3 rings (SSSR count). The number of aromatic nitrogens is 2. The molecule has 0 spiro atoms. The molecule has 1 atom stereocenters. The number of rotatable bonds is 2. The zero-order valence-electron chi connectivity index (χ0n) is 11.6. The second kappa shape index (κ2) is 5.63. The van der Waals surface area contributed by atoms with Gasteiger partial charge in [0, 0.05) is 19.1 Å². The van der Waals surface area contributed by atoms with Crippen LogP contribution in [0.3, 0.4) is 0 Å². The quantitative estimate of drug-likeness (QED) is 0.864. The molecule has 106 valence electrons. The summed E-state index contributed by atoms with van der Waals surface area (Å²) in [5.41, 5.74) is 6.11. The first-order valence-electron chi connectivity index (χ1n) is 7.29. The molecule has 2 saturated heterocycles. The highest BCUT2D eigenvalue weighted by molar-refractivity contribution is 5.50. The van der Waals surface area contributed by atoms with Gasteiger partial charge in [0.1, 0.15) is 17.5 Å². The molecule has 2 aliphatic rings. The molecule has 0 bridgehead atoms. The maximum atomic E-state index is 8.86. The van der Waals surface area contributed by atoms with Crippen molar-refractivity contribution in [3.8, 4) is 6.07 Å². The standard InChI is InChI=1S/C14H20N6/c15-8-11-9-17-14(18-13(11)16)20-7-4-12(10-20)19-5-2-1-3-6-19/h9,12H,1-7,10H2,(H2,16,17,18)/t12-/m0/s1. The molecular formula is C14H20N6. The molecule has 1 aromatic heterocycles. The van der Waals surface area contributed by atoms with Gasteiger partial charge in [0.2, 0.25) is 5.95 Å². The molecule has 6 nitrogen and oxygen atoms in total. The van der Waals surface area contributed by atoms with Crippen LogP contribution in [0.5, 0.6) is 0 Å². The zero-order valence-corrected chi connectivity index (χ0v) is 11.6. The summed E-state index contributed by atoms with van der Waals surface area (Å²) in [6, 6.07) is 2.60. The maximum absolute atomic E-state index is 8.86. The van der Waals surface area contributed by atoms with E-state index < -0.39 is 0 Å². The number of nitriles is 1. The summed E-state index contributed by atoms with van der Waals surface area (Å²) >= 11 is 0. The van der Waals surface area contributed by atoms with Gasteiger partial charge in [-0.3, -0.25) is 4.90 Å². The molecule has 2 N–H and O–H groups in total. The molecule has 20 heavy (non-hydrogen) atoms. The van der Waals surface area contributed by atoms with E-state index in [2.05, 4.69) is 19.8 Å². The van der Waals surface area contributed by atoms with Crippen molar-refractivity contribution in [3.63, 3.8) is 0 Å². The highest BCUT2D eigenvalue weighted by Gasteiger charge is 2.29. The first kappa shape index (κ1) is 13.1. The van der Waals surface area contributed by atoms with Crippen molar-refractivity contribution in [2.45, 2.75) is 31.7 Å². The third kappa shape index (κ3) is 2.54. The van der Waals surface area contributed by atoms with Gasteiger partial charge < -0.3 is 10.6 Å². The predicted octanol–water partition coefficient (Wildman–Crippen LogP) is 0.995. The van der Waals surface area contributed by atoms with E-state index in [0.29, 0.717) is 17.6 Å². The number of likely N-dealkylation sites (tertiary alicyclic amines) is 1. The Morgan fingerprint density at radius 1 is 1.25 bits per heavy atom. The third-order valence-corrected chi connectivity index (χ3v) is 4.28. The smallest absolute Gasteiger partial charge is 0.227 e. The Bertz CT molecular complexity index is 517. The van der Waals surface area contributed by atoms with Crippen LogP contribution >= 0.6 is 0 Å². The lowest BCUT2D eigenvalue weighted by molar-refractivity contribution is 0.174. The Morgan fingerprint density at radius 2 is 2.05 bits per heavy atom. The first-order chi connectivity index (χ1) is 9.78. The predicted molar refractivity (Wildman–Crippen MR) is 77.2 cm³/mol. The minimum absolute atomic E-state index is 0.277. The molecule has 2 aliphatic heterocycles. The molecule has 0 aliphatic carbocycles. The van der Waals surface area contributed by atoms with Gasteiger partial charge >= 0.3 is 0 Å². The molecular weight excluding hydrogens is 252 g/mol. The SMILES string of the molecule is N#Cc1cnc(N2CC[C@H](N3CCCCC3)C2)nc1N. The Hall–Kier alpha value is -1.87. The Kier molecular flexibility index (Phi) is 3.70. The number of nitrogens with zero attached hydrogens (tertiary/aromatic N) is 5. The Balaban J connectivity index is 1.67. The molecule has 0 aromatic carbocycles. The van der Waals surface area contributed by atoms with Gasteiger partial charge in [0.15, 0.2) is 0 Å². The van der Waals surface area contributed by atoms with E-state index in [1.54, 1.807) is 0 Å². The number of nitrogens with two attached hydrogens (primary N) is 1. The maximum Gasteiger partial charge on any atom is 0.227 e. The summed E-state index contributed by atoms with van der Waals surface area (Å²) in [6.45, 7) is 4.36. The highest BCUT2D eigenvalue weighted by Crippen LogP contribution is 2.23. The van der Waals surface area contributed by atoms with E-state index in [9.17, 15) is 0 Å². The van der Waals surface area contributed by atoms with E-state index in [1.807, 2.05) is 6.07 Å². The van der Waals surface area contributed by atoms with Crippen LogP contribution in [-0.4, -0.2) is 47.1 Å². The number of piperidine rings is 1. The Labute approximate surface area is 119 Å². The number of hydrogen-bond donors (Lipinski definition) is 1. The van der Waals surface area contributed by atoms with Crippen LogP contribution in [0.2, 0.25) is 0 Å². The lowest BCUT2D eigenvalue weighted by atomic mass is 10.1. The minimum atomic E-state index is 0.277. The molecule has 2 fully saturated rings. The van der Waals surface area contributed by atoms with Gasteiger partial charge in [0.05, 0.1) is 6.20 Å². The van der Waals surface area contributed by atoms with Crippen LogP contribution in [0.4, 0.5) is 11.8 Å². The third-order valence-electron chi connectivity index (χ3n) is 4.28. The molecule has 3 heterocycles. The van der Waals surface area contributed by atoms with Crippen molar-refractivity contribution >= 4 is 11.8 Å². The average Bonchev–Trinajstić information content (AvgIpc) is 2.98. The fourth-order valence-electron chi connectivity index (χ4n) is 3.13.